The third-order valence-electron chi connectivity index (χ3n) is 1.78. The second-order valence-electron chi connectivity index (χ2n) is 2.72. The summed E-state index contributed by atoms with van der Waals surface area (Å²) in [5.41, 5.74) is 0. The summed E-state index contributed by atoms with van der Waals surface area (Å²) in [6, 6.07) is 3.37. The van der Waals surface area contributed by atoms with Crippen LogP contribution in [0.2, 0.25) is 0 Å². The Morgan fingerprint density at radius 2 is 2.29 bits per heavy atom. The molecule has 1 aliphatic heterocycles. The minimum Gasteiger partial charge on any atom is -0.469 e. The van der Waals surface area contributed by atoms with E-state index in [1.165, 1.54) is 6.26 Å². The lowest BCUT2D eigenvalue weighted by Gasteiger charge is -1.97. The summed E-state index contributed by atoms with van der Waals surface area (Å²) in [4.78, 5) is 3.72. The monoisotopic (exact) mass is 231 g/mol. The van der Waals surface area contributed by atoms with E-state index in [0.717, 1.165) is 6.20 Å². The molecule has 0 saturated carbocycles. The highest BCUT2D eigenvalue weighted by molar-refractivity contribution is 8.11. The molecule has 0 aliphatic carbocycles. The van der Waals surface area contributed by atoms with Gasteiger partial charge >= 0.3 is 0 Å². The third-order valence-corrected chi connectivity index (χ3v) is 3.98. The van der Waals surface area contributed by atoms with Gasteiger partial charge in [-0.25, -0.2) is 13.4 Å². The number of nitrogens with zero attached hydrogens (tertiary/aromatic N) is 1. The van der Waals surface area contributed by atoms with Gasteiger partial charge in [-0.3, -0.25) is 0 Å². The maximum Gasteiger partial charge on any atom is 0.232 e. The van der Waals surface area contributed by atoms with E-state index in [0.29, 0.717) is 5.76 Å². The van der Waals surface area contributed by atoms with Crippen LogP contribution in [0.1, 0.15) is 5.76 Å². The lowest BCUT2D eigenvalue weighted by Crippen LogP contribution is -2.13. The SMILES string of the molecule is O=S1(=O)C(Cl)=CN=C1Cc1ccco1. The van der Waals surface area contributed by atoms with Gasteiger partial charge < -0.3 is 4.42 Å². The zero-order valence-corrected chi connectivity index (χ0v) is 8.55. The van der Waals surface area contributed by atoms with Crippen LogP contribution >= 0.6 is 11.6 Å². The van der Waals surface area contributed by atoms with E-state index in [-0.39, 0.29) is 15.8 Å². The molecule has 1 aliphatic rings. The van der Waals surface area contributed by atoms with Gasteiger partial charge in [0.25, 0.3) is 0 Å². The van der Waals surface area contributed by atoms with E-state index in [2.05, 4.69) is 4.99 Å². The third kappa shape index (κ3) is 1.49. The Hall–Kier alpha value is -1.07. The van der Waals surface area contributed by atoms with Crippen LogP contribution in [0.15, 0.2) is 38.4 Å². The Kier molecular flexibility index (Phi) is 2.20. The number of furan rings is 1. The molecule has 0 aromatic carbocycles. The van der Waals surface area contributed by atoms with Crippen LogP contribution in [0.3, 0.4) is 0 Å². The second-order valence-corrected chi connectivity index (χ2v) is 5.26. The number of halogens is 1. The van der Waals surface area contributed by atoms with Crippen molar-refractivity contribution in [1.82, 2.24) is 0 Å². The molecule has 0 amide bonds. The van der Waals surface area contributed by atoms with E-state index < -0.39 is 9.84 Å². The zero-order valence-electron chi connectivity index (χ0n) is 6.97. The molecule has 0 atom stereocenters. The first-order valence-corrected chi connectivity index (χ1v) is 5.66. The first-order valence-electron chi connectivity index (χ1n) is 3.80. The average molecular weight is 232 g/mol. The molecule has 0 unspecified atom stereocenters. The Morgan fingerprint density at radius 1 is 1.50 bits per heavy atom. The largest absolute Gasteiger partial charge is 0.469 e. The van der Waals surface area contributed by atoms with Crippen LogP contribution in [0, 0.1) is 0 Å². The fourth-order valence-corrected chi connectivity index (χ4v) is 2.33. The normalized spacial score (nSPS) is 19.2. The van der Waals surface area contributed by atoms with Crippen molar-refractivity contribution in [2.75, 3.05) is 0 Å². The van der Waals surface area contributed by atoms with Crippen LogP contribution < -0.4 is 0 Å². The fourth-order valence-electron chi connectivity index (χ4n) is 1.08. The molecule has 14 heavy (non-hydrogen) atoms. The van der Waals surface area contributed by atoms with E-state index in [1.807, 2.05) is 0 Å². The molecule has 74 valence electrons. The summed E-state index contributed by atoms with van der Waals surface area (Å²) in [5, 5.41) is 0.0254. The van der Waals surface area contributed by atoms with Crippen molar-refractivity contribution in [2.24, 2.45) is 4.99 Å². The predicted octanol–water partition coefficient (Wildman–Crippen LogP) is 1.69. The van der Waals surface area contributed by atoms with Crippen molar-refractivity contribution in [3.8, 4) is 0 Å². The van der Waals surface area contributed by atoms with Gasteiger partial charge in [0.2, 0.25) is 9.84 Å². The van der Waals surface area contributed by atoms with Crippen LogP contribution in [0.4, 0.5) is 0 Å². The minimum absolute atomic E-state index is 0.0254. The van der Waals surface area contributed by atoms with E-state index in [9.17, 15) is 8.42 Å². The first kappa shape index (κ1) is 9.48. The van der Waals surface area contributed by atoms with Crippen molar-refractivity contribution < 1.29 is 12.8 Å². The molecule has 6 heteroatoms. The topological polar surface area (TPSA) is 59.6 Å². The molecule has 0 radical (unpaired) electrons. The average Bonchev–Trinajstić information content (AvgIpc) is 2.70. The Labute approximate surface area is 85.8 Å². The molecule has 4 nitrogen and oxygen atoms in total. The van der Waals surface area contributed by atoms with E-state index in [4.69, 9.17) is 16.0 Å². The van der Waals surface area contributed by atoms with Crippen LogP contribution in [-0.4, -0.2) is 13.5 Å². The number of sulfone groups is 1. The highest BCUT2D eigenvalue weighted by atomic mass is 35.5. The second kappa shape index (κ2) is 3.25. The lowest BCUT2D eigenvalue weighted by atomic mass is 10.3. The van der Waals surface area contributed by atoms with E-state index >= 15 is 0 Å². The van der Waals surface area contributed by atoms with Crippen LogP contribution in [0.5, 0.6) is 0 Å². The predicted molar refractivity (Wildman–Crippen MR) is 52.7 cm³/mol. The molecular weight excluding hydrogens is 226 g/mol. The van der Waals surface area contributed by atoms with Crippen molar-refractivity contribution in [1.29, 1.82) is 0 Å². The smallest absolute Gasteiger partial charge is 0.232 e. The number of hydrogen-bond acceptors (Lipinski definition) is 4. The molecule has 0 saturated heterocycles. The molecule has 1 aromatic heterocycles. The molecule has 2 heterocycles. The van der Waals surface area contributed by atoms with Gasteiger partial charge in [0.1, 0.15) is 10.8 Å². The zero-order chi connectivity index (χ0) is 10.2. The number of aliphatic imine (C=N–C) groups is 1. The van der Waals surface area contributed by atoms with Gasteiger partial charge in [0, 0.05) is 0 Å². The standard InChI is InChI=1S/C8H6ClNO3S/c9-7-5-10-8(14(7,11)12)4-6-2-1-3-13-6/h1-3,5H,4H2. The minimum atomic E-state index is -3.53. The number of hydrogen-bond donors (Lipinski definition) is 0. The van der Waals surface area contributed by atoms with Gasteiger partial charge in [-0.2, -0.15) is 0 Å². The molecule has 2 rings (SSSR count). The summed E-state index contributed by atoms with van der Waals surface area (Å²) in [6.07, 6.45) is 2.75. The molecule has 1 aromatic rings. The highest BCUT2D eigenvalue weighted by Crippen LogP contribution is 2.22. The van der Waals surface area contributed by atoms with Crippen molar-refractivity contribution in [3.05, 3.63) is 34.7 Å². The fraction of sp³-hybridized carbons (Fsp3) is 0.125. The molecule has 0 bridgehead atoms. The summed E-state index contributed by atoms with van der Waals surface area (Å²) < 4.78 is 27.7. The highest BCUT2D eigenvalue weighted by Gasteiger charge is 2.28. The van der Waals surface area contributed by atoms with Gasteiger partial charge in [0.05, 0.1) is 18.9 Å². The molecule has 0 N–H and O–H groups in total. The summed E-state index contributed by atoms with van der Waals surface area (Å²) >= 11 is 5.47. The summed E-state index contributed by atoms with van der Waals surface area (Å²) in [7, 11) is -3.53. The lowest BCUT2D eigenvalue weighted by molar-refractivity contribution is 0.526. The first-order chi connectivity index (χ1) is 6.60. The summed E-state index contributed by atoms with van der Waals surface area (Å²) in [5.74, 6) is 0.548. The Balaban J connectivity index is 2.25. The van der Waals surface area contributed by atoms with Gasteiger partial charge in [-0.15, -0.1) is 0 Å². The maximum atomic E-state index is 11.4. The van der Waals surface area contributed by atoms with Crippen molar-refractivity contribution >= 4 is 26.5 Å². The molecule has 0 spiro atoms. The number of rotatable bonds is 2. The quantitative estimate of drug-likeness (QED) is 0.778. The Bertz CT molecular complexity index is 499. The molecular formula is C8H6ClNO3S. The Morgan fingerprint density at radius 3 is 2.79 bits per heavy atom. The van der Waals surface area contributed by atoms with Crippen LogP contribution in [0.25, 0.3) is 0 Å². The van der Waals surface area contributed by atoms with Gasteiger partial charge in [-0.05, 0) is 12.1 Å². The van der Waals surface area contributed by atoms with Crippen molar-refractivity contribution in [3.63, 3.8) is 0 Å². The molecule has 0 fully saturated rings. The van der Waals surface area contributed by atoms with Gasteiger partial charge in [0.15, 0.2) is 4.36 Å². The maximum absolute atomic E-state index is 11.4. The van der Waals surface area contributed by atoms with Crippen LogP contribution in [-0.2, 0) is 16.3 Å². The van der Waals surface area contributed by atoms with Crippen molar-refractivity contribution in [2.45, 2.75) is 6.42 Å². The van der Waals surface area contributed by atoms with E-state index in [1.54, 1.807) is 12.1 Å². The summed E-state index contributed by atoms with van der Waals surface area (Å²) in [6.45, 7) is 0. The van der Waals surface area contributed by atoms with Gasteiger partial charge in [-0.1, -0.05) is 11.6 Å².